The first-order chi connectivity index (χ1) is 11.8. The van der Waals surface area contributed by atoms with Crippen LogP contribution in [0.5, 0.6) is 0 Å². The van der Waals surface area contributed by atoms with Crippen LogP contribution in [0.3, 0.4) is 0 Å². The van der Waals surface area contributed by atoms with E-state index in [-0.39, 0.29) is 18.7 Å². The molecule has 3 rings (SSSR count). The summed E-state index contributed by atoms with van der Waals surface area (Å²) in [4.78, 5) is 18.3. The van der Waals surface area contributed by atoms with Gasteiger partial charge in [0.15, 0.2) is 0 Å². The smallest absolute Gasteiger partial charge is 0.317 e. The molecule has 0 saturated carbocycles. The summed E-state index contributed by atoms with van der Waals surface area (Å²) in [6.07, 6.45) is 6.28. The number of carbonyl (C=O) groups excluding carboxylic acids is 1. The molecule has 6 heteroatoms. The molecular weight excluding hydrogens is 304 g/mol. The number of amides is 2. The molecule has 0 bridgehead atoms. The molecule has 2 amide bonds. The maximum absolute atomic E-state index is 12.2. The normalized spacial score (nSPS) is 17.2. The van der Waals surface area contributed by atoms with Gasteiger partial charge in [0.05, 0.1) is 12.6 Å². The standard InChI is InChI=1S/C18H24N4O2/c23-14-16-7-4-11-22(16)18(24)20-9-8-17-19-10-12-21(17)13-15-5-2-1-3-6-15/h1-3,5-6,10,12,16,23H,4,7-9,11,13-14H2,(H,20,24). The van der Waals surface area contributed by atoms with Crippen LogP contribution in [0.15, 0.2) is 42.7 Å². The predicted octanol–water partition coefficient (Wildman–Crippen LogP) is 1.64. The second kappa shape index (κ2) is 7.97. The lowest BCUT2D eigenvalue weighted by Gasteiger charge is -2.23. The SMILES string of the molecule is O=C(NCCc1nccn1Cc1ccccc1)N1CCCC1CO. The molecule has 2 N–H and O–H groups in total. The van der Waals surface area contributed by atoms with Crippen LogP contribution in [0.2, 0.25) is 0 Å². The highest BCUT2D eigenvalue weighted by Gasteiger charge is 2.27. The van der Waals surface area contributed by atoms with Crippen molar-refractivity contribution in [3.63, 3.8) is 0 Å². The van der Waals surface area contributed by atoms with E-state index in [2.05, 4.69) is 27.0 Å². The van der Waals surface area contributed by atoms with Crippen molar-refractivity contribution in [2.24, 2.45) is 0 Å². The lowest BCUT2D eigenvalue weighted by atomic mass is 10.2. The number of nitrogens with one attached hydrogen (secondary N) is 1. The van der Waals surface area contributed by atoms with Crippen LogP contribution in [0, 0.1) is 0 Å². The molecule has 1 aromatic heterocycles. The van der Waals surface area contributed by atoms with Crippen molar-refractivity contribution < 1.29 is 9.90 Å². The van der Waals surface area contributed by atoms with Crippen LogP contribution in [0.25, 0.3) is 0 Å². The summed E-state index contributed by atoms with van der Waals surface area (Å²) in [5, 5.41) is 12.2. The average Bonchev–Trinajstić information content (AvgIpc) is 3.25. The fourth-order valence-electron chi connectivity index (χ4n) is 3.17. The quantitative estimate of drug-likeness (QED) is 0.847. The third-order valence-electron chi connectivity index (χ3n) is 4.47. The molecule has 1 unspecified atom stereocenters. The van der Waals surface area contributed by atoms with E-state index in [0.717, 1.165) is 31.8 Å². The van der Waals surface area contributed by atoms with Crippen molar-refractivity contribution in [3.05, 3.63) is 54.1 Å². The summed E-state index contributed by atoms with van der Waals surface area (Å²) in [7, 11) is 0. The number of imidazole rings is 1. The Balaban J connectivity index is 1.51. The molecule has 128 valence electrons. The predicted molar refractivity (Wildman–Crippen MR) is 91.7 cm³/mol. The minimum atomic E-state index is -0.0901. The number of aromatic nitrogens is 2. The zero-order valence-electron chi connectivity index (χ0n) is 13.8. The molecule has 0 aliphatic carbocycles. The minimum Gasteiger partial charge on any atom is -0.394 e. The third kappa shape index (κ3) is 3.94. The molecule has 24 heavy (non-hydrogen) atoms. The fourth-order valence-corrected chi connectivity index (χ4v) is 3.17. The summed E-state index contributed by atoms with van der Waals surface area (Å²) in [5.41, 5.74) is 1.23. The Hall–Kier alpha value is -2.34. The Morgan fingerprint density at radius 2 is 2.17 bits per heavy atom. The van der Waals surface area contributed by atoms with Gasteiger partial charge in [0.25, 0.3) is 0 Å². The van der Waals surface area contributed by atoms with E-state index in [0.29, 0.717) is 13.0 Å². The van der Waals surface area contributed by atoms with E-state index in [9.17, 15) is 9.90 Å². The summed E-state index contributed by atoms with van der Waals surface area (Å²) in [6, 6.07) is 10.1. The summed E-state index contributed by atoms with van der Waals surface area (Å²) in [5.74, 6) is 0.958. The number of rotatable bonds is 6. The lowest BCUT2D eigenvalue weighted by molar-refractivity contribution is 0.157. The van der Waals surface area contributed by atoms with Gasteiger partial charge in [0.2, 0.25) is 0 Å². The van der Waals surface area contributed by atoms with Crippen molar-refractivity contribution in [1.29, 1.82) is 0 Å². The molecule has 6 nitrogen and oxygen atoms in total. The Morgan fingerprint density at radius 1 is 1.33 bits per heavy atom. The number of nitrogens with zero attached hydrogens (tertiary/aromatic N) is 3. The molecule has 1 aliphatic rings. The number of aliphatic hydroxyl groups is 1. The van der Waals surface area contributed by atoms with Crippen molar-refractivity contribution >= 4 is 6.03 Å². The number of benzene rings is 1. The first-order valence-electron chi connectivity index (χ1n) is 8.47. The summed E-state index contributed by atoms with van der Waals surface area (Å²) >= 11 is 0. The van der Waals surface area contributed by atoms with Gasteiger partial charge in [-0.3, -0.25) is 0 Å². The molecule has 1 saturated heterocycles. The largest absolute Gasteiger partial charge is 0.394 e. The van der Waals surface area contributed by atoms with E-state index in [1.165, 1.54) is 5.56 Å². The molecule has 1 aliphatic heterocycles. The topological polar surface area (TPSA) is 70.4 Å². The van der Waals surface area contributed by atoms with Crippen LogP contribution >= 0.6 is 0 Å². The Labute approximate surface area is 142 Å². The molecule has 2 aromatic rings. The zero-order chi connectivity index (χ0) is 16.8. The Bertz CT molecular complexity index is 656. The van der Waals surface area contributed by atoms with Gasteiger partial charge >= 0.3 is 6.03 Å². The second-order valence-electron chi connectivity index (χ2n) is 6.11. The van der Waals surface area contributed by atoms with Gasteiger partial charge in [-0.15, -0.1) is 0 Å². The number of hydrogen-bond donors (Lipinski definition) is 2. The van der Waals surface area contributed by atoms with Gasteiger partial charge in [0.1, 0.15) is 5.82 Å². The van der Waals surface area contributed by atoms with Crippen molar-refractivity contribution in [2.45, 2.75) is 31.8 Å². The molecule has 0 spiro atoms. The maximum atomic E-state index is 12.2. The van der Waals surface area contributed by atoms with Gasteiger partial charge in [-0.05, 0) is 18.4 Å². The molecule has 0 radical (unpaired) electrons. The van der Waals surface area contributed by atoms with Gasteiger partial charge in [-0.1, -0.05) is 30.3 Å². The summed E-state index contributed by atoms with van der Waals surface area (Å²) in [6.45, 7) is 2.08. The third-order valence-corrected chi connectivity index (χ3v) is 4.47. The van der Waals surface area contributed by atoms with E-state index >= 15 is 0 Å². The Morgan fingerprint density at radius 3 is 2.96 bits per heavy atom. The number of aliphatic hydroxyl groups excluding tert-OH is 1. The monoisotopic (exact) mass is 328 g/mol. The van der Waals surface area contributed by atoms with E-state index in [1.807, 2.05) is 24.4 Å². The van der Waals surface area contributed by atoms with Crippen LogP contribution < -0.4 is 5.32 Å². The van der Waals surface area contributed by atoms with Gasteiger partial charge in [-0.25, -0.2) is 9.78 Å². The zero-order valence-corrected chi connectivity index (χ0v) is 13.8. The van der Waals surface area contributed by atoms with E-state index in [1.54, 1.807) is 11.1 Å². The number of urea groups is 1. The van der Waals surface area contributed by atoms with Gasteiger partial charge < -0.3 is 19.9 Å². The molecule has 1 atom stereocenters. The van der Waals surface area contributed by atoms with Crippen LogP contribution in [-0.2, 0) is 13.0 Å². The van der Waals surface area contributed by atoms with Crippen LogP contribution in [0.1, 0.15) is 24.2 Å². The van der Waals surface area contributed by atoms with Crippen molar-refractivity contribution in [3.8, 4) is 0 Å². The molecule has 2 heterocycles. The van der Waals surface area contributed by atoms with Crippen LogP contribution in [0.4, 0.5) is 4.79 Å². The average molecular weight is 328 g/mol. The highest BCUT2D eigenvalue weighted by atomic mass is 16.3. The first-order valence-corrected chi connectivity index (χ1v) is 8.47. The second-order valence-corrected chi connectivity index (χ2v) is 6.11. The first kappa shape index (κ1) is 16.5. The van der Waals surface area contributed by atoms with E-state index in [4.69, 9.17) is 0 Å². The van der Waals surface area contributed by atoms with Gasteiger partial charge in [-0.2, -0.15) is 0 Å². The van der Waals surface area contributed by atoms with Gasteiger partial charge in [0, 0.05) is 38.4 Å². The number of likely N-dealkylation sites (tertiary alicyclic amines) is 1. The fraction of sp³-hybridized carbons (Fsp3) is 0.444. The summed E-state index contributed by atoms with van der Waals surface area (Å²) < 4.78 is 2.11. The molecule has 1 aromatic carbocycles. The molecule has 1 fully saturated rings. The highest BCUT2D eigenvalue weighted by Crippen LogP contribution is 2.16. The number of carbonyl (C=O) groups is 1. The maximum Gasteiger partial charge on any atom is 0.317 e. The minimum absolute atomic E-state index is 0.0366. The lowest BCUT2D eigenvalue weighted by Crippen LogP contribution is -2.44. The number of hydrogen-bond acceptors (Lipinski definition) is 3. The molecular formula is C18H24N4O2. The Kier molecular flexibility index (Phi) is 5.48. The highest BCUT2D eigenvalue weighted by molar-refractivity contribution is 5.74. The van der Waals surface area contributed by atoms with Crippen molar-refractivity contribution in [1.82, 2.24) is 19.8 Å². The van der Waals surface area contributed by atoms with Crippen LogP contribution in [-0.4, -0.2) is 51.3 Å². The van der Waals surface area contributed by atoms with E-state index < -0.39 is 0 Å². The van der Waals surface area contributed by atoms with Crippen molar-refractivity contribution in [2.75, 3.05) is 19.7 Å².